The van der Waals surface area contributed by atoms with E-state index in [1.807, 2.05) is 20.8 Å². The predicted molar refractivity (Wildman–Crippen MR) is 61.5 cm³/mol. The maximum atomic E-state index is 11.4. The van der Waals surface area contributed by atoms with Crippen molar-refractivity contribution in [1.82, 2.24) is 0 Å². The Hall–Kier alpha value is -0.730. The topological polar surface area (TPSA) is 127 Å². The quantitative estimate of drug-likeness (QED) is 0.352. The Kier molecular flexibility index (Phi) is 6.72. The van der Waals surface area contributed by atoms with E-state index in [1.165, 1.54) is 0 Å². The van der Waals surface area contributed by atoms with Gasteiger partial charge in [0, 0.05) is 0 Å². The van der Waals surface area contributed by atoms with Gasteiger partial charge in [-0.05, 0) is 5.41 Å². The van der Waals surface area contributed by atoms with Crippen molar-refractivity contribution in [2.45, 2.75) is 45.2 Å². The number of carbonyl (C=O) groups is 1. The molecule has 0 aromatic carbocycles. The fourth-order valence-electron chi connectivity index (χ4n) is 1.03. The molecular formula is C11H22O7. The van der Waals surface area contributed by atoms with Crippen molar-refractivity contribution in [3.05, 3.63) is 0 Å². The van der Waals surface area contributed by atoms with E-state index in [-0.39, 0.29) is 12.0 Å². The van der Waals surface area contributed by atoms with Gasteiger partial charge in [0.2, 0.25) is 0 Å². The van der Waals surface area contributed by atoms with Gasteiger partial charge in [0.05, 0.1) is 13.2 Å². The fraction of sp³-hybridized carbons (Fsp3) is 0.909. The minimum atomic E-state index is -1.98. The van der Waals surface area contributed by atoms with Gasteiger partial charge in [-0.25, -0.2) is 4.79 Å². The monoisotopic (exact) mass is 266 g/mol. The molecule has 0 saturated heterocycles. The molecule has 18 heavy (non-hydrogen) atoms. The van der Waals surface area contributed by atoms with Crippen molar-refractivity contribution in [3.63, 3.8) is 0 Å². The van der Waals surface area contributed by atoms with Crippen LogP contribution in [0.15, 0.2) is 0 Å². The molecule has 0 rings (SSSR count). The van der Waals surface area contributed by atoms with Crippen molar-refractivity contribution in [1.29, 1.82) is 0 Å². The lowest BCUT2D eigenvalue weighted by molar-refractivity contribution is -0.172. The van der Waals surface area contributed by atoms with Gasteiger partial charge >= 0.3 is 5.97 Å². The fourth-order valence-corrected chi connectivity index (χ4v) is 1.03. The van der Waals surface area contributed by atoms with Gasteiger partial charge < -0.3 is 30.3 Å². The van der Waals surface area contributed by atoms with E-state index in [9.17, 15) is 20.1 Å². The standard InChI is InChI=1S/C11H22O7/c1-11(2,3)5-18-10(17)9(16)8(15)7(14)6(13)4-12/h6-9,12-16H,4-5H2,1-3H3/t6-,7-,8+,9-/m1/s1. The summed E-state index contributed by atoms with van der Waals surface area (Å²) in [5.74, 6) is -1.10. The molecule has 0 unspecified atom stereocenters. The molecule has 0 heterocycles. The first-order valence-corrected chi connectivity index (χ1v) is 5.60. The summed E-state index contributed by atoms with van der Waals surface area (Å²) in [4.78, 5) is 11.4. The first-order valence-electron chi connectivity index (χ1n) is 5.60. The second-order valence-electron chi connectivity index (χ2n) is 5.34. The van der Waals surface area contributed by atoms with Crippen LogP contribution in [0.1, 0.15) is 20.8 Å². The second-order valence-corrected chi connectivity index (χ2v) is 5.34. The summed E-state index contributed by atoms with van der Waals surface area (Å²) in [6.07, 6.45) is -7.40. The van der Waals surface area contributed by atoms with Crippen molar-refractivity contribution >= 4 is 5.97 Å². The third-order valence-electron chi connectivity index (χ3n) is 2.14. The van der Waals surface area contributed by atoms with Crippen LogP contribution in [0.25, 0.3) is 0 Å². The number of ether oxygens (including phenoxy) is 1. The van der Waals surface area contributed by atoms with Gasteiger partial charge in [-0.1, -0.05) is 20.8 Å². The van der Waals surface area contributed by atoms with Crippen LogP contribution in [0.3, 0.4) is 0 Å². The Balaban J connectivity index is 4.36. The molecule has 5 N–H and O–H groups in total. The maximum Gasteiger partial charge on any atom is 0.337 e. The Morgan fingerprint density at radius 1 is 1.11 bits per heavy atom. The normalized spacial score (nSPS) is 18.9. The SMILES string of the molecule is CC(C)(C)COC(=O)[C@H](O)[C@@H](O)[C@H](O)[C@H](O)CO. The molecule has 0 saturated carbocycles. The van der Waals surface area contributed by atoms with Crippen LogP contribution in [-0.4, -0.2) is 69.1 Å². The van der Waals surface area contributed by atoms with E-state index in [0.29, 0.717) is 0 Å². The second kappa shape index (κ2) is 7.01. The Labute approximate surface area is 106 Å². The minimum Gasteiger partial charge on any atom is -0.463 e. The van der Waals surface area contributed by atoms with Gasteiger partial charge in [0.1, 0.15) is 18.3 Å². The number of hydrogen-bond acceptors (Lipinski definition) is 7. The summed E-state index contributed by atoms with van der Waals surface area (Å²) in [5, 5.41) is 45.8. The lowest BCUT2D eigenvalue weighted by Gasteiger charge is -2.25. The average molecular weight is 266 g/mol. The highest BCUT2D eigenvalue weighted by molar-refractivity contribution is 5.75. The summed E-state index contributed by atoms with van der Waals surface area (Å²) in [6, 6.07) is 0. The summed E-state index contributed by atoms with van der Waals surface area (Å²) >= 11 is 0. The highest BCUT2D eigenvalue weighted by atomic mass is 16.6. The zero-order chi connectivity index (χ0) is 14.5. The van der Waals surface area contributed by atoms with E-state index < -0.39 is 37.0 Å². The van der Waals surface area contributed by atoms with E-state index in [2.05, 4.69) is 0 Å². The first-order chi connectivity index (χ1) is 8.10. The van der Waals surface area contributed by atoms with Crippen LogP contribution in [0.5, 0.6) is 0 Å². The number of esters is 1. The van der Waals surface area contributed by atoms with Crippen LogP contribution in [0.2, 0.25) is 0 Å². The van der Waals surface area contributed by atoms with Crippen LogP contribution in [-0.2, 0) is 9.53 Å². The number of carbonyl (C=O) groups excluding carboxylic acids is 1. The van der Waals surface area contributed by atoms with Crippen molar-refractivity contribution in [2.24, 2.45) is 5.41 Å². The highest BCUT2D eigenvalue weighted by Crippen LogP contribution is 2.14. The summed E-state index contributed by atoms with van der Waals surface area (Å²) in [5.41, 5.74) is -0.302. The molecule has 7 heteroatoms. The van der Waals surface area contributed by atoms with Crippen LogP contribution in [0, 0.1) is 5.41 Å². The Morgan fingerprint density at radius 2 is 1.61 bits per heavy atom. The van der Waals surface area contributed by atoms with Crippen molar-refractivity contribution < 1.29 is 35.1 Å². The summed E-state index contributed by atoms with van der Waals surface area (Å²) in [6.45, 7) is 4.67. The number of aliphatic hydroxyl groups excluding tert-OH is 5. The van der Waals surface area contributed by atoms with E-state index in [0.717, 1.165) is 0 Å². The third-order valence-corrected chi connectivity index (χ3v) is 2.14. The highest BCUT2D eigenvalue weighted by Gasteiger charge is 2.35. The molecule has 0 aliphatic carbocycles. The molecule has 0 aromatic rings. The van der Waals surface area contributed by atoms with E-state index >= 15 is 0 Å². The molecule has 0 spiro atoms. The third kappa shape index (κ3) is 5.74. The van der Waals surface area contributed by atoms with E-state index in [1.54, 1.807) is 0 Å². The molecular weight excluding hydrogens is 244 g/mol. The number of aliphatic hydroxyl groups is 5. The zero-order valence-electron chi connectivity index (χ0n) is 10.8. The molecule has 0 bridgehead atoms. The number of rotatable bonds is 6. The van der Waals surface area contributed by atoms with Gasteiger partial charge in [0.15, 0.2) is 6.10 Å². The molecule has 4 atom stereocenters. The zero-order valence-corrected chi connectivity index (χ0v) is 10.8. The average Bonchev–Trinajstić information content (AvgIpc) is 2.31. The van der Waals surface area contributed by atoms with Gasteiger partial charge in [0.25, 0.3) is 0 Å². The van der Waals surface area contributed by atoms with Crippen LogP contribution >= 0.6 is 0 Å². The first kappa shape index (κ1) is 17.3. The van der Waals surface area contributed by atoms with E-state index in [4.69, 9.17) is 14.9 Å². The smallest absolute Gasteiger partial charge is 0.337 e. The lowest BCUT2D eigenvalue weighted by atomic mass is 9.98. The molecule has 108 valence electrons. The molecule has 0 radical (unpaired) electrons. The molecule has 0 aliphatic rings. The molecule has 7 nitrogen and oxygen atoms in total. The van der Waals surface area contributed by atoms with Gasteiger partial charge in [-0.2, -0.15) is 0 Å². The largest absolute Gasteiger partial charge is 0.463 e. The summed E-state index contributed by atoms with van der Waals surface area (Å²) in [7, 11) is 0. The molecule has 0 aliphatic heterocycles. The predicted octanol–water partition coefficient (Wildman–Crippen LogP) is -1.99. The summed E-state index contributed by atoms with van der Waals surface area (Å²) < 4.78 is 4.75. The Bertz CT molecular complexity index is 261. The minimum absolute atomic E-state index is 0.0360. The molecule has 0 aromatic heterocycles. The Morgan fingerprint density at radius 3 is 2.00 bits per heavy atom. The van der Waals surface area contributed by atoms with Crippen molar-refractivity contribution in [2.75, 3.05) is 13.2 Å². The van der Waals surface area contributed by atoms with Gasteiger partial charge in [-0.3, -0.25) is 0 Å². The van der Waals surface area contributed by atoms with Gasteiger partial charge in [-0.15, -0.1) is 0 Å². The van der Waals surface area contributed by atoms with Crippen molar-refractivity contribution in [3.8, 4) is 0 Å². The lowest BCUT2D eigenvalue weighted by Crippen LogP contribution is -2.49. The molecule has 0 fully saturated rings. The van der Waals surface area contributed by atoms with Crippen LogP contribution in [0.4, 0.5) is 0 Å². The molecule has 0 amide bonds. The van der Waals surface area contributed by atoms with Crippen LogP contribution < -0.4 is 0 Å². The number of hydrogen-bond donors (Lipinski definition) is 5. The maximum absolute atomic E-state index is 11.4.